The lowest BCUT2D eigenvalue weighted by Gasteiger charge is -2.07. The van der Waals surface area contributed by atoms with Gasteiger partial charge in [0.15, 0.2) is 0 Å². The number of carbonyl (C=O) groups is 1. The summed E-state index contributed by atoms with van der Waals surface area (Å²) < 4.78 is 0. The Morgan fingerprint density at radius 2 is 1.78 bits per heavy atom. The first-order valence-corrected chi connectivity index (χ1v) is 6.55. The average Bonchev–Trinajstić information content (AvgIpc) is 2.38. The number of carboxylic acids is 1. The molecule has 0 saturated carbocycles. The topological polar surface area (TPSA) is 50.2 Å². The highest BCUT2D eigenvalue weighted by molar-refractivity contribution is 7.98. The molecule has 18 heavy (non-hydrogen) atoms. The van der Waals surface area contributed by atoms with Gasteiger partial charge in [0.05, 0.1) is 6.42 Å². The van der Waals surface area contributed by atoms with E-state index in [-0.39, 0.29) is 6.42 Å². The minimum absolute atomic E-state index is 0.0765. The fraction of sp³-hybridized carbons (Fsp3) is 0.143. The average molecular weight is 259 g/mol. The van der Waals surface area contributed by atoms with E-state index in [1.165, 1.54) is 0 Å². The van der Waals surface area contributed by atoms with Crippen molar-refractivity contribution in [3.63, 3.8) is 0 Å². The summed E-state index contributed by atoms with van der Waals surface area (Å²) in [5.41, 5.74) is 1.95. The summed E-state index contributed by atoms with van der Waals surface area (Å²) in [6.07, 6.45) is 3.59. The predicted octanol–water partition coefficient (Wildman–Crippen LogP) is 3.00. The molecule has 2 rings (SSSR count). The quantitative estimate of drug-likeness (QED) is 0.839. The molecule has 0 aliphatic carbocycles. The Morgan fingerprint density at radius 1 is 1.11 bits per heavy atom. The highest BCUT2D eigenvalue weighted by Crippen LogP contribution is 2.23. The van der Waals surface area contributed by atoms with Crippen LogP contribution >= 0.6 is 11.8 Å². The Morgan fingerprint density at radius 3 is 2.44 bits per heavy atom. The fourth-order valence-electron chi connectivity index (χ4n) is 1.63. The van der Waals surface area contributed by atoms with Gasteiger partial charge in [-0.3, -0.25) is 9.78 Å². The maximum absolute atomic E-state index is 10.8. The molecule has 1 N–H and O–H groups in total. The monoisotopic (exact) mass is 259 g/mol. The second-order valence-corrected chi connectivity index (χ2v) is 4.86. The van der Waals surface area contributed by atoms with Crippen molar-refractivity contribution in [2.75, 3.05) is 0 Å². The minimum Gasteiger partial charge on any atom is -0.481 e. The number of hydrogen-bond donors (Lipinski definition) is 1. The summed E-state index contributed by atoms with van der Waals surface area (Å²) in [5.74, 6) is -0.0237. The van der Waals surface area contributed by atoms with E-state index in [4.69, 9.17) is 5.11 Å². The normalized spacial score (nSPS) is 10.2. The highest BCUT2D eigenvalue weighted by atomic mass is 32.2. The molecule has 0 fully saturated rings. The maximum Gasteiger partial charge on any atom is 0.307 e. The van der Waals surface area contributed by atoms with E-state index in [1.807, 2.05) is 36.4 Å². The Balaban J connectivity index is 2.07. The van der Waals surface area contributed by atoms with Gasteiger partial charge in [0.2, 0.25) is 0 Å². The largest absolute Gasteiger partial charge is 0.481 e. The molecule has 92 valence electrons. The molecule has 0 saturated heterocycles. The second kappa shape index (κ2) is 6.21. The summed E-state index contributed by atoms with van der Waals surface area (Å²) in [7, 11) is 0. The van der Waals surface area contributed by atoms with Gasteiger partial charge in [0, 0.05) is 23.0 Å². The molecule has 1 aromatic heterocycles. The van der Waals surface area contributed by atoms with Crippen LogP contribution in [-0.4, -0.2) is 16.1 Å². The standard InChI is InChI=1S/C14H13NO2S/c16-14(17)9-11-3-1-2-4-12(11)10-18-13-5-7-15-8-6-13/h1-8H,9-10H2,(H,16,17). The molecule has 0 aliphatic rings. The van der Waals surface area contributed by atoms with Crippen molar-refractivity contribution in [2.45, 2.75) is 17.1 Å². The third-order valence-electron chi connectivity index (χ3n) is 2.50. The third-order valence-corrected chi connectivity index (χ3v) is 3.56. The summed E-state index contributed by atoms with van der Waals surface area (Å²) in [6, 6.07) is 11.6. The summed E-state index contributed by atoms with van der Waals surface area (Å²) in [6.45, 7) is 0. The van der Waals surface area contributed by atoms with Crippen LogP contribution in [0.15, 0.2) is 53.7 Å². The first-order chi connectivity index (χ1) is 8.75. The van der Waals surface area contributed by atoms with Crippen LogP contribution < -0.4 is 0 Å². The zero-order valence-corrected chi connectivity index (χ0v) is 10.6. The number of benzene rings is 1. The molecule has 0 unspecified atom stereocenters. The van der Waals surface area contributed by atoms with E-state index in [9.17, 15) is 4.79 Å². The van der Waals surface area contributed by atoms with Gasteiger partial charge in [-0.2, -0.15) is 0 Å². The molecule has 0 aliphatic heterocycles. The van der Waals surface area contributed by atoms with Gasteiger partial charge in [-0.15, -0.1) is 11.8 Å². The Hall–Kier alpha value is -1.81. The lowest BCUT2D eigenvalue weighted by Crippen LogP contribution is -2.02. The van der Waals surface area contributed by atoms with Gasteiger partial charge in [0.25, 0.3) is 0 Å². The van der Waals surface area contributed by atoms with Gasteiger partial charge in [-0.1, -0.05) is 24.3 Å². The van der Waals surface area contributed by atoms with E-state index in [1.54, 1.807) is 24.2 Å². The van der Waals surface area contributed by atoms with E-state index in [2.05, 4.69) is 4.98 Å². The second-order valence-electron chi connectivity index (χ2n) is 3.81. The van der Waals surface area contributed by atoms with Crippen molar-refractivity contribution in [3.05, 3.63) is 59.9 Å². The van der Waals surface area contributed by atoms with Gasteiger partial charge < -0.3 is 5.11 Å². The number of nitrogens with zero attached hydrogens (tertiary/aromatic N) is 1. The number of pyridine rings is 1. The van der Waals surface area contributed by atoms with Crippen LogP contribution in [0.5, 0.6) is 0 Å². The van der Waals surface area contributed by atoms with Crippen LogP contribution in [0.3, 0.4) is 0 Å². The molecule has 1 heterocycles. The zero-order chi connectivity index (χ0) is 12.8. The van der Waals surface area contributed by atoms with Crippen LogP contribution in [0, 0.1) is 0 Å². The predicted molar refractivity (Wildman–Crippen MR) is 71.6 cm³/mol. The molecule has 0 amide bonds. The molecule has 0 bridgehead atoms. The van der Waals surface area contributed by atoms with Gasteiger partial charge in [-0.25, -0.2) is 0 Å². The number of rotatable bonds is 5. The number of hydrogen-bond acceptors (Lipinski definition) is 3. The van der Waals surface area contributed by atoms with Crippen LogP contribution in [-0.2, 0) is 17.0 Å². The van der Waals surface area contributed by atoms with Crippen molar-refractivity contribution in [1.82, 2.24) is 4.98 Å². The SMILES string of the molecule is O=C(O)Cc1ccccc1CSc1ccncc1. The summed E-state index contributed by atoms with van der Waals surface area (Å²) >= 11 is 1.68. The van der Waals surface area contributed by atoms with Crippen LogP contribution in [0.1, 0.15) is 11.1 Å². The lowest BCUT2D eigenvalue weighted by atomic mass is 10.1. The number of aliphatic carboxylic acids is 1. The van der Waals surface area contributed by atoms with Crippen LogP contribution in [0.4, 0.5) is 0 Å². The van der Waals surface area contributed by atoms with Crippen molar-refractivity contribution in [2.24, 2.45) is 0 Å². The first kappa shape index (κ1) is 12.6. The van der Waals surface area contributed by atoms with Crippen molar-refractivity contribution < 1.29 is 9.90 Å². The molecule has 0 spiro atoms. The van der Waals surface area contributed by atoms with Crippen molar-refractivity contribution >= 4 is 17.7 Å². The maximum atomic E-state index is 10.8. The Bertz CT molecular complexity index is 528. The smallest absolute Gasteiger partial charge is 0.307 e. The van der Waals surface area contributed by atoms with Crippen molar-refractivity contribution in [1.29, 1.82) is 0 Å². The van der Waals surface area contributed by atoms with E-state index in [0.29, 0.717) is 0 Å². The van der Waals surface area contributed by atoms with Gasteiger partial charge in [0.1, 0.15) is 0 Å². The molecule has 0 radical (unpaired) electrons. The van der Waals surface area contributed by atoms with E-state index in [0.717, 1.165) is 21.8 Å². The molecular formula is C14H13NO2S. The van der Waals surface area contributed by atoms with Crippen molar-refractivity contribution in [3.8, 4) is 0 Å². The number of aromatic nitrogens is 1. The van der Waals surface area contributed by atoms with Crippen LogP contribution in [0.25, 0.3) is 0 Å². The zero-order valence-electron chi connectivity index (χ0n) is 9.74. The van der Waals surface area contributed by atoms with Crippen LogP contribution in [0.2, 0.25) is 0 Å². The number of carboxylic acid groups (broad SMARTS) is 1. The summed E-state index contributed by atoms with van der Waals surface area (Å²) in [4.78, 5) is 15.9. The first-order valence-electron chi connectivity index (χ1n) is 5.57. The molecule has 0 atom stereocenters. The Kier molecular flexibility index (Phi) is 4.36. The molecular weight excluding hydrogens is 246 g/mol. The third kappa shape index (κ3) is 3.60. The summed E-state index contributed by atoms with van der Waals surface area (Å²) in [5, 5.41) is 8.86. The van der Waals surface area contributed by atoms with Gasteiger partial charge in [-0.05, 0) is 23.3 Å². The molecule has 4 heteroatoms. The Labute approximate surface area is 110 Å². The lowest BCUT2D eigenvalue weighted by molar-refractivity contribution is -0.136. The highest BCUT2D eigenvalue weighted by Gasteiger charge is 2.06. The minimum atomic E-state index is -0.795. The van der Waals surface area contributed by atoms with Gasteiger partial charge >= 0.3 is 5.97 Å². The molecule has 1 aromatic carbocycles. The number of thioether (sulfide) groups is 1. The fourth-order valence-corrected chi connectivity index (χ4v) is 2.55. The van der Waals surface area contributed by atoms with E-state index >= 15 is 0 Å². The molecule has 3 nitrogen and oxygen atoms in total. The van der Waals surface area contributed by atoms with E-state index < -0.39 is 5.97 Å². The molecule has 2 aromatic rings.